The average molecular weight is 409 g/mol. The summed E-state index contributed by atoms with van der Waals surface area (Å²) in [7, 11) is 2.20. The number of pyridine rings is 1. The first-order valence-corrected chi connectivity index (χ1v) is 10.4. The number of piperidine rings is 1. The van der Waals surface area contributed by atoms with E-state index in [1.165, 1.54) is 32.4 Å². The zero-order valence-electron chi connectivity index (χ0n) is 17.3. The number of nitrogens with zero attached hydrogens (tertiary/aromatic N) is 4. The Balaban J connectivity index is 1.32. The Labute approximate surface area is 176 Å². The standard InChI is InChI=1S/C22H28N6O2/c1-27-9-5-16(6-10-27)7-11-28-15-17(14-26-28)13-25-19-2-3-20-18(12-19)4-8-24-21(20)30-22(23)29/h2-4,8,12,14-16,25H,5-7,9-11,13H2,1H3,(H2,23,29). The fourth-order valence-electron chi connectivity index (χ4n) is 3.93. The fourth-order valence-corrected chi connectivity index (χ4v) is 3.93. The SMILES string of the molecule is CN1CCC(CCn2cc(CNc3ccc4c(OC(N)=O)nccc4c3)cn2)CC1. The molecular weight excluding hydrogens is 380 g/mol. The number of fused-ring (bicyclic) bond motifs is 1. The van der Waals surface area contributed by atoms with Crippen LogP contribution in [0.1, 0.15) is 24.8 Å². The molecule has 30 heavy (non-hydrogen) atoms. The molecule has 8 nitrogen and oxygen atoms in total. The van der Waals surface area contributed by atoms with Crippen LogP contribution < -0.4 is 15.8 Å². The van der Waals surface area contributed by atoms with E-state index >= 15 is 0 Å². The maximum absolute atomic E-state index is 11.0. The molecule has 1 aromatic carbocycles. The predicted octanol–water partition coefficient (Wildman–Crippen LogP) is 3.23. The van der Waals surface area contributed by atoms with Gasteiger partial charge in [0, 0.05) is 42.1 Å². The number of likely N-dealkylation sites (tertiary alicyclic amines) is 1. The highest BCUT2D eigenvalue weighted by molar-refractivity contribution is 5.90. The number of aromatic nitrogens is 3. The van der Waals surface area contributed by atoms with Gasteiger partial charge in [0.1, 0.15) is 0 Å². The Hall–Kier alpha value is -3.13. The number of benzene rings is 1. The number of carbonyl (C=O) groups excluding carboxylic acids is 1. The number of nitrogens with two attached hydrogens (primary N) is 1. The van der Waals surface area contributed by atoms with Gasteiger partial charge in [-0.05, 0) is 75.0 Å². The fraction of sp³-hybridized carbons (Fsp3) is 0.409. The van der Waals surface area contributed by atoms with Gasteiger partial charge in [0.2, 0.25) is 5.88 Å². The van der Waals surface area contributed by atoms with Crippen LogP contribution >= 0.6 is 0 Å². The second-order valence-corrected chi connectivity index (χ2v) is 7.97. The Morgan fingerprint density at radius 3 is 2.93 bits per heavy atom. The number of ether oxygens (including phenoxy) is 1. The molecule has 0 bridgehead atoms. The van der Waals surface area contributed by atoms with Gasteiger partial charge in [-0.25, -0.2) is 9.78 Å². The molecule has 8 heteroatoms. The molecule has 0 radical (unpaired) electrons. The number of aryl methyl sites for hydroxylation is 1. The Morgan fingerprint density at radius 1 is 1.30 bits per heavy atom. The van der Waals surface area contributed by atoms with E-state index in [0.29, 0.717) is 6.54 Å². The third kappa shape index (κ3) is 5.07. The van der Waals surface area contributed by atoms with E-state index in [2.05, 4.69) is 38.2 Å². The predicted molar refractivity (Wildman–Crippen MR) is 116 cm³/mol. The zero-order valence-corrected chi connectivity index (χ0v) is 17.3. The van der Waals surface area contributed by atoms with Gasteiger partial charge in [-0.15, -0.1) is 0 Å². The van der Waals surface area contributed by atoms with Gasteiger partial charge >= 0.3 is 6.09 Å². The van der Waals surface area contributed by atoms with E-state index in [1.807, 2.05) is 30.5 Å². The summed E-state index contributed by atoms with van der Waals surface area (Å²) in [5, 5.41) is 9.60. The summed E-state index contributed by atoms with van der Waals surface area (Å²) in [5.74, 6) is 1.03. The third-order valence-electron chi connectivity index (χ3n) is 5.71. The van der Waals surface area contributed by atoms with Crippen LogP contribution in [0.4, 0.5) is 10.5 Å². The highest BCUT2D eigenvalue weighted by Crippen LogP contribution is 2.26. The number of anilines is 1. The maximum Gasteiger partial charge on any atom is 0.411 e. The lowest BCUT2D eigenvalue weighted by Gasteiger charge is -2.28. The van der Waals surface area contributed by atoms with Gasteiger partial charge in [0.15, 0.2) is 0 Å². The van der Waals surface area contributed by atoms with Gasteiger partial charge in [-0.2, -0.15) is 5.10 Å². The lowest BCUT2D eigenvalue weighted by molar-refractivity contribution is 0.206. The van der Waals surface area contributed by atoms with E-state index in [9.17, 15) is 4.79 Å². The Kier molecular flexibility index (Phi) is 6.13. The summed E-state index contributed by atoms with van der Waals surface area (Å²) in [6.07, 6.45) is 8.53. The van der Waals surface area contributed by atoms with E-state index in [4.69, 9.17) is 10.5 Å². The van der Waals surface area contributed by atoms with Crippen molar-refractivity contribution >= 4 is 22.6 Å². The first-order valence-electron chi connectivity index (χ1n) is 10.4. The molecule has 3 heterocycles. The van der Waals surface area contributed by atoms with Crippen molar-refractivity contribution in [2.24, 2.45) is 11.7 Å². The summed E-state index contributed by atoms with van der Waals surface area (Å²) in [4.78, 5) is 17.5. The van der Waals surface area contributed by atoms with E-state index in [1.54, 1.807) is 6.20 Å². The average Bonchev–Trinajstić information content (AvgIpc) is 3.19. The van der Waals surface area contributed by atoms with Gasteiger partial charge in [-0.1, -0.05) is 0 Å². The molecule has 1 fully saturated rings. The summed E-state index contributed by atoms with van der Waals surface area (Å²) in [6, 6.07) is 7.67. The molecular formula is C22H28N6O2. The molecule has 1 aliphatic heterocycles. The molecule has 1 aliphatic rings. The minimum Gasteiger partial charge on any atom is -0.391 e. The van der Waals surface area contributed by atoms with Gasteiger partial charge < -0.3 is 20.7 Å². The second kappa shape index (κ2) is 9.13. The molecule has 0 saturated carbocycles. The number of hydrogen-bond acceptors (Lipinski definition) is 6. The van der Waals surface area contributed by atoms with Crippen molar-refractivity contribution in [3.8, 4) is 5.88 Å². The van der Waals surface area contributed by atoms with Crippen molar-refractivity contribution in [1.29, 1.82) is 0 Å². The van der Waals surface area contributed by atoms with Crippen LogP contribution in [0, 0.1) is 5.92 Å². The van der Waals surface area contributed by atoms with E-state index in [0.717, 1.165) is 34.5 Å². The molecule has 4 rings (SSSR count). The smallest absolute Gasteiger partial charge is 0.391 e. The van der Waals surface area contributed by atoms with Gasteiger partial charge in [0.05, 0.1) is 6.20 Å². The Morgan fingerprint density at radius 2 is 2.13 bits per heavy atom. The quantitative estimate of drug-likeness (QED) is 0.623. The number of hydrogen-bond donors (Lipinski definition) is 2. The minimum atomic E-state index is -0.870. The third-order valence-corrected chi connectivity index (χ3v) is 5.71. The molecule has 0 unspecified atom stereocenters. The van der Waals surface area contributed by atoms with Crippen molar-refractivity contribution in [1.82, 2.24) is 19.7 Å². The van der Waals surface area contributed by atoms with Crippen LogP contribution in [-0.4, -0.2) is 45.9 Å². The first kappa shape index (κ1) is 20.2. The normalized spacial score (nSPS) is 15.4. The number of primary amides is 1. The molecule has 3 aromatic rings. The first-order chi connectivity index (χ1) is 14.6. The minimum absolute atomic E-state index is 0.220. The van der Waals surface area contributed by atoms with E-state index in [-0.39, 0.29) is 5.88 Å². The second-order valence-electron chi connectivity index (χ2n) is 7.97. The van der Waals surface area contributed by atoms with Crippen molar-refractivity contribution in [3.05, 3.63) is 48.4 Å². The van der Waals surface area contributed by atoms with Crippen molar-refractivity contribution in [2.45, 2.75) is 32.4 Å². The summed E-state index contributed by atoms with van der Waals surface area (Å²) in [6.45, 7) is 4.07. The molecule has 1 amide bonds. The maximum atomic E-state index is 11.0. The van der Waals surface area contributed by atoms with Crippen LogP contribution in [-0.2, 0) is 13.1 Å². The number of nitrogens with one attached hydrogen (secondary N) is 1. The lowest BCUT2D eigenvalue weighted by atomic mass is 9.94. The number of rotatable bonds is 7. The molecule has 158 valence electrons. The molecule has 2 aromatic heterocycles. The molecule has 1 saturated heterocycles. The molecule has 0 atom stereocenters. The highest BCUT2D eigenvalue weighted by atomic mass is 16.6. The lowest BCUT2D eigenvalue weighted by Crippen LogP contribution is -2.30. The van der Waals surface area contributed by atoms with E-state index < -0.39 is 6.09 Å². The number of amides is 1. The van der Waals surface area contributed by atoms with Crippen molar-refractivity contribution in [3.63, 3.8) is 0 Å². The number of carbonyl (C=O) groups is 1. The molecule has 3 N–H and O–H groups in total. The Bertz CT molecular complexity index is 1010. The van der Waals surface area contributed by atoms with Crippen LogP contribution in [0.3, 0.4) is 0 Å². The topological polar surface area (TPSA) is 98.3 Å². The van der Waals surface area contributed by atoms with Crippen molar-refractivity contribution in [2.75, 3.05) is 25.5 Å². The largest absolute Gasteiger partial charge is 0.411 e. The summed E-state index contributed by atoms with van der Waals surface area (Å²) in [5.41, 5.74) is 7.22. The van der Waals surface area contributed by atoms with Crippen LogP contribution in [0.5, 0.6) is 5.88 Å². The highest BCUT2D eigenvalue weighted by Gasteiger charge is 2.16. The van der Waals surface area contributed by atoms with Crippen molar-refractivity contribution < 1.29 is 9.53 Å². The van der Waals surface area contributed by atoms with Crippen LogP contribution in [0.2, 0.25) is 0 Å². The van der Waals surface area contributed by atoms with Crippen LogP contribution in [0.25, 0.3) is 10.8 Å². The van der Waals surface area contributed by atoms with Gasteiger partial charge in [-0.3, -0.25) is 4.68 Å². The zero-order chi connectivity index (χ0) is 20.9. The summed E-state index contributed by atoms with van der Waals surface area (Å²) >= 11 is 0. The monoisotopic (exact) mass is 408 g/mol. The molecule has 0 spiro atoms. The summed E-state index contributed by atoms with van der Waals surface area (Å²) < 4.78 is 7.02. The van der Waals surface area contributed by atoms with Crippen LogP contribution in [0.15, 0.2) is 42.9 Å². The molecule has 0 aliphatic carbocycles. The van der Waals surface area contributed by atoms with Gasteiger partial charge in [0.25, 0.3) is 0 Å².